The van der Waals surface area contributed by atoms with E-state index in [-0.39, 0.29) is 11.6 Å². The van der Waals surface area contributed by atoms with Gasteiger partial charge in [0.2, 0.25) is 0 Å². The quantitative estimate of drug-likeness (QED) is 0.807. The molecule has 0 radical (unpaired) electrons. The number of pyridine rings is 1. The number of carbonyl (C=O) groups excluding carboxylic acids is 1. The number of hydrogen-bond donors (Lipinski definition) is 0. The van der Waals surface area contributed by atoms with Crippen molar-refractivity contribution in [2.24, 2.45) is 0 Å². The number of benzene rings is 1. The molecule has 1 aromatic heterocycles. The maximum Gasteiger partial charge on any atom is 0.259 e. The van der Waals surface area contributed by atoms with Gasteiger partial charge in [-0.2, -0.15) is 0 Å². The molecule has 0 fully saturated rings. The average Bonchev–Trinajstić information content (AvgIpc) is 2.47. The second-order valence-electron chi connectivity index (χ2n) is 4.13. The van der Waals surface area contributed by atoms with Gasteiger partial charge in [-0.1, -0.05) is 19.1 Å². The van der Waals surface area contributed by atoms with E-state index in [1.807, 2.05) is 6.92 Å². The Morgan fingerprint density at radius 3 is 2.65 bits per heavy atom. The van der Waals surface area contributed by atoms with E-state index in [9.17, 15) is 9.18 Å². The van der Waals surface area contributed by atoms with Gasteiger partial charge < -0.3 is 4.90 Å². The first-order chi connectivity index (χ1) is 9.63. The third-order valence-electron chi connectivity index (χ3n) is 2.79. The summed E-state index contributed by atoms with van der Waals surface area (Å²) in [6.07, 6.45) is 1.53. The standard InChI is InChI=1S/C15H15FN2OS/c1-3-20-14-9-8-11(10-17-14)15(19)18(2)13-7-5-4-6-12(13)16/h4-10H,3H2,1-2H3. The van der Waals surface area contributed by atoms with E-state index in [4.69, 9.17) is 0 Å². The molecule has 2 rings (SSSR count). The number of nitrogens with zero attached hydrogens (tertiary/aromatic N) is 2. The molecule has 20 heavy (non-hydrogen) atoms. The Labute approximate surface area is 121 Å². The zero-order chi connectivity index (χ0) is 14.5. The van der Waals surface area contributed by atoms with E-state index < -0.39 is 5.82 Å². The lowest BCUT2D eigenvalue weighted by molar-refractivity contribution is 0.0991. The molecule has 2 aromatic rings. The molecule has 0 unspecified atom stereocenters. The Bertz CT molecular complexity index is 601. The van der Waals surface area contributed by atoms with E-state index in [1.54, 1.807) is 49.1 Å². The van der Waals surface area contributed by atoms with Gasteiger partial charge in [-0.3, -0.25) is 4.79 Å². The van der Waals surface area contributed by atoms with Gasteiger partial charge in [0.05, 0.1) is 16.3 Å². The van der Waals surface area contributed by atoms with E-state index >= 15 is 0 Å². The lowest BCUT2D eigenvalue weighted by atomic mass is 10.2. The van der Waals surface area contributed by atoms with Gasteiger partial charge in [-0.05, 0) is 30.0 Å². The summed E-state index contributed by atoms with van der Waals surface area (Å²) >= 11 is 1.61. The van der Waals surface area contributed by atoms with Gasteiger partial charge in [0, 0.05) is 13.2 Å². The minimum absolute atomic E-state index is 0.254. The summed E-state index contributed by atoms with van der Waals surface area (Å²) < 4.78 is 13.7. The van der Waals surface area contributed by atoms with Gasteiger partial charge in [0.25, 0.3) is 5.91 Å². The molecule has 104 valence electrons. The Hall–Kier alpha value is -1.88. The summed E-state index contributed by atoms with van der Waals surface area (Å²) in [5.74, 6) is 0.222. The SMILES string of the molecule is CCSc1ccc(C(=O)N(C)c2ccccc2F)cn1. The monoisotopic (exact) mass is 290 g/mol. The van der Waals surface area contributed by atoms with Gasteiger partial charge in [-0.25, -0.2) is 9.37 Å². The number of thioether (sulfide) groups is 1. The minimum Gasteiger partial charge on any atom is -0.309 e. The molecule has 0 N–H and O–H groups in total. The smallest absolute Gasteiger partial charge is 0.259 e. The van der Waals surface area contributed by atoms with Crippen LogP contribution in [0.4, 0.5) is 10.1 Å². The van der Waals surface area contributed by atoms with Crippen LogP contribution in [0.25, 0.3) is 0 Å². The van der Waals surface area contributed by atoms with E-state index in [1.165, 1.54) is 17.2 Å². The van der Waals surface area contributed by atoms with Gasteiger partial charge >= 0.3 is 0 Å². The maximum absolute atomic E-state index is 13.7. The number of anilines is 1. The normalized spacial score (nSPS) is 10.3. The van der Waals surface area contributed by atoms with Crippen LogP contribution in [0.5, 0.6) is 0 Å². The number of rotatable bonds is 4. The number of para-hydroxylation sites is 1. The fourth-order valence-electron chi connectivity index (χ4n) is 1.77. The number of halogens is 1. The largest absolute Gasteiger partial charge is 0.309 e. The van der Waals surface area contributed by atoms with E-state index in [2.05, 4.69) is 4.98 Å². The van der Waals surface area contributed by atoms with Crippen LogP contribution in [0, 0.1) is 5.82 Å². The minimum atomic E-state index is -0.422. The van der Waals surface area contributed by atoms with Crippen LogP contribution in [0.1, 0.15) is 17.3 Å². The zero-order valence-electron chi connectivity index (χ0n) is 11.3. The Balaban J connectivity index is 2.20. The summed E-state index contributed by atoms with van der Waals surface area (Å²) in [5, 5.41) is 0.873. The molecule has 0 bridgehead atoms. The first-order valence-corrected chi connectivity index (χ1v) is 7.23. The van der Waals surface area contributed by atoms with Crippen molar-refractivity contribution in [1.29, 1.82) is 0 Å². The zero-order valence-corrected chi connectivity index (χ0v) is 12.2. The third kappa shape index (κ3) is 3.17. The Morgan fingerprint density at radius 1 is 1.30 bits per heavy atom. The molecular formula is C15H15FN2OS. The van der Waals surface area contributed by atoms with Crippen molar-refractivity contribution in [3.63, 3.8) is 0 Å². The van der Waals surface area contributed by atoms with Crippen LogP contribution in [0.3, 0.4) is 0 Å². The molecule has 0 aliphatic heterocycles. The van der Waals surface area contributed by atoms with Gasteiger partial charge in [0.15, 0.2) is 0 Å². The molecule has 0 saturated heterocycles. The van der Waals surface area contributed by atoms with Crippen LogP contribution in [0.15, 0.2) is 47.6 Å². The molecule has 0 atom stereocenters. The topological polar surface area (TPSA) is 33.2 Å². The highest BCUT2D eigenvalue weighted by Gasteiger charge is 2.16. The molecular weight excluding hydrogens is 275 g/mol. The molecule has 0 saturated carbocycles. The molecule has 1 heterocycles. The summed E-state index contributed by atoms with van der Waals surface area (Å²) in [7, 11) is 1.55. The molecule has 0 aliphatic carbocycles. The van der Waals surface area contributed by atoms with Crippen LogP contribution in [-0.2, 0) is 0 Å². The van der Waals surface area contributed by atoms with E-state index in [0.717, 1.165) is 10.8 Å². The number of hydrogen-bond acceptors (Lipinski definition) is 3. The van der Waals surface area contributed by atoms with Crippen LogP contribution in [0.2, 0.25) is 0 Å². The molecule has 0 aliphatic rings. The second kappa shape index (κ2) is 6.52. The highest BCUT2D eigenvalue weighted by molar-refractivity contribution is 7.99. The van der Waals surface area contributed by atoms with Crippen molar-refractivity contribution in [3.05, 3.63) is 54.0 Å². The highest BCUT2D eigenvalue weighted by atomic mass is 32.2. The summed E-state index contributed by atoms with van der Waals surface area (Å²) in [5.41, 5.74) is 0.695. The lowest BCUT2D eigenvalue weighted by Gasteiger charge is -2.17. The fraction of sp³-hybridized carbons (Fsp3) is 0.200. The Morgan fingerprint density at radius 2 is 2.05 bits per heavy atom. The lowest BCUT2D eigenvalue weighted by Crippen LogP contribution is -2.27. The maximum atomic E-state index is 13.7. The van der Waals surface area contributed by atoms with E-state index in [0.29, 0.717) is 5.56 Å². The predicted octanol–water partition coefficient (Wildman–Crippen LogP) is 3.61. The van der Waals surface area contributed by atoms with Crippen molar-refractivity contribution in [2.45, 2.75) is 11.9 Å². The number of aromatic nitrogens is 1. The van der Waals surface area contributed by atoms with Gasteiger partial charge in [0.1, 0.15) is 5.82 Å². The molecule has 5 heteroatoms. The van der Waals surface area contributed by atoms with Crippen LogP contribution in [-0.4, -0.2) is 23.7 Å². The van der Waals surface area contributed by atoms with Crippen LogP contribution < -0.4 is 4.90 Å². The third-order valence-corrected chi connectivity index (χ3v) is 3.62. The van der Waals surface area contributed by atoms with Crippen molar-refractivity contribution < 1.29 is 9.18 Å². The first kappa shape index (κ1) is 14.5. The highest BCUT2D eigenvalue weighted by Crippen LogP contribution is 2.20. The van der Waals surface area contributed by atoms with Crippen molar-refractivity contribution in [1.82, 2.24) is 4.98 Å². The molecule has 1 amide bonds. The molecule has 0 spiro atoms. The fourth-order valence-corrected chi connectivity index (χ4v) is 2.35. The van der Waals surface area contributed by atoms with Crippen molar-refractivity contribution in [3.8, 4) is 0 Å². The summed E-state index contributed by atoms with van der Waals surface area (Å²) in [6.45, 7) is 2.04. The number of amides is 1. The van der Waals surface area contributed by atoms with Crippen molar-refractivity contribution >= 4 is 23.4 Å². The predicted molar refractivity (Wildman–Crippen MR) is 79.8 cm³/mol. The van der Waals surface area contributed by atoms with Crippen LogP contribution >= 0.6 is 11.8 Å². The first-order valence-electron chi connectivity index (χ1n) is 6.25. The molecule has 1 aromatic carbocycles. The second-order valence-corrected chi connectivity index (χ2v) is 5.42. The summed E-state index contributed by atoms with van der Waals surface area (Å²) in [6, 6.07) is 9.71. The average molecular weight is 290 g/mol. The van der Waals surface area contributed by atoms with Crippen molar-refractivity contribution in [2.75, 3.05) is 17.7 Å². The molecule has 3 nitrogen and oxygen atoms in total. The summed E-state index contributed by atoms with van der Waals surface area (Å²) in [4.78, 5) is 17.8. The Kier molecular flexibility index (Phi) is 4.74. The number of carbonyl (C=O) groups is 1. The van der Waals surface area contributed by atoms with Gasteiger partial charge in [-0.15, -0.1) is 11.8 Å².